The van der Waals surface area contributed by atoms with Gasteiger partial charge in [-0.3, -0.25) is 23.5 Å². The molecule has 7 heterocycles. The largest absolute Gasteiger partial charge is 0.478 e. The molecule has 4 fully saturated rings. The molecule has 1 amide bonds. The van der Waals surface area contributed by atoms with Crippen molar-refractivity contribution in [3.05, 3.63) is 167 Å². The number of aromatic carboxylic acids is 1. The van der Waals surface area contributed by atoms with Gasteiger partial charge >= 0.3 is 5.97 Å². The monoisotopic (exact) mass is 1150 g/mol. The van der Waals surface area contributed by atoms with E-state index in [0.717, 1.165) is 93.2 Å². The van der Waals surface area contributed by atoms with Crippen LogP contribution in [0.25, 0.3) is 21.8 Å². The van der Waals surface area contributed by atoms with E-state index < -0.39 is 15.2 Å². The van der Waals surface area contributed by atoms with Crippen LogP contribution in [0.2, 0.25) is 0 Å². The van der Waals surface area contributed by atoms with Crippen LogP contribution < -0.4 is 22.2 Å². The molecule has 0 spiro atoms. The SMILES string of the molecule is C#Cc1ccccn1.Nc1cc(Br)ccc1C(=O)O.O=C1NC2CCC1C2.O=S(Cl)Cl.O=c1c2ccc(Br)cc2nc2n1C1CCC2C1.O=c1c2ccc(C#Cc3ccccn3)cc2nc2n1C1CCC2C1. The molecule has 13 rings (SSSR count). The predicted molar refractivity (Wildman–Crippen MR) is 288 cm³/mol. The summed E-state index contributed by atoms with van der Waals surface area (Å²) in [6, 6.07) is 28.5. The Labute approximate surface area is 442 Å². The first-order chi connectivity index (χ1) is 34.7. The summed E-state index contributed by atoms with van der Waals surface area (Å²) in [5.74, 6) is 11.2. The van der Waals surface area contributed by atoms with Crippen molar-refractivity contribution in [3.63, 3.8) is 0 Å². The van der Waals surface area contributed by atoms with Crippen LogP contribution in [0.1, 0.15) is 121 Å². The van der Waals surface area contributed by atoms with Gasteiger partial charge in [0.25, 0.3) is 11.1 Å². The lowest BCUT2D eigenvalue weighted by atomic mass is 10.1. The first-order valence-corrected chi connectivity index (χ1v) is 27.5. The highest BCUT2D eigenvalue weighted by atomic mass is 79.9. The third-order valence-corrected chi connectivity index (χ3v) is 14.3. The highest BCUT2D eigenvalue weighted by Crippen LogP contribution is 2.48. The van der Waals surface area contributed by atoms with Crippen LogP contribution in [0.5, 0.6) is 0 Å². The number of carboxylic acid groups (broad SMARTS) is 1. The maximum atomic E-state index is 12.8. The summed E-state index contributed by atoms with van der Waals surface area (Å²) >= 11 is 6.60. The lowest BCUT2D eigenvalue weighted by Crippen LogP contribution is -2.30. The normalized spacial score (nSPS) is 20.5. The number of nitrogens with one attached hydrogen (secondary N) is 1. The van der Waals surface area contributed by atoms with E-state index in [1.54, 1.807) is 30.6 Å². The minimum atomic E-state index is -1.67. The summed E-state index contributed by atoms with van der Waals surface area (Å²) in [5.41, 5.74) is 9.91. The molecule has 4 aromatic heterocycles. The third kappa shape index (κ3) is 12.3. The fourth-order valence-corrected chi connectivity index (χ4v) is 10.8. The fourth-order valence-electron chi connectivity index (χ4n) is 10.0. The van der Waals surface area contributed by atoms with Crippen LogP contribution in [-0.2, 0) is 14.0 Å². The Morgan fingerprint density at radius 2 is 1.25 bits per heavy atom. The van der Waals surface area contributed by atoms with Gasteiger partial charge in [-0.25, -0.2) is 28.9 Å². The molecule has 6 aliphatic rings. The number of terminal acetylenes is 1. The summed E-state index contributed by atoms with van der Waals surface area (Å²) in [6.45, 7) is 0. The van der Waals surface area contributed by atoms with Crippen LogP contribution in [0.4, 0.5) is 5.69 Å². The summed E-state index contributed by atoms with van der Waals surface area (Å²) in [7, 11) is 7.36. The van der Waals surface area contributed by atoms with Crippen molar-refractivity contribution in [1.82, 2.24) is 34.4 Å². The second-order valence-corrected chi connectivity index (χ2v) is 22.1. The molecule has 14 nitrogen and oxygen atoms in total. The van der Waals surface area contributed by atoms with E-state index in [9.17, 15) is 19.2 Å². The van der Waals surface area contributed by atoms with Gasteiger partial charge in [0.2, 0.25) is 15.1 Å². The van der Waals surface area contributed by atoms with Gasteiger partial charge in [0.15, 0.2) is 0 Å². The number of nitrogen functional groups attached to an aromatic ring is 1. The van der Waals surface area contributed by atoms with Crippen LogP contribution in [0.15, 0.2) is 122 Å². The number of nitrogens with zero attached hydrogens (tertiary/aromatic N) is 6. The maximum Gasteiger partial charge on any atom is 0.337 e. The molecule has 19 heteroatoms. The van der Waals surface area contributed by atoms with Gasteiger partial charge in [0.1, 0.15) is 23.0 Å². The van der Waals surface area contributed by atoms with Crippen molar-refractivity contribution >= 4 is 102 Å². The number of piperidine rings is 1. The Balaban J connectivity index is 0.000000126. The van der Waals surface area contributed by atoms with Crippen molar-refractivity contribution in [1.29, 1.82) is 0 Å². The van der Waals surface area contributed by atoms with Gasteiger partial charge in [0, 0.05) is 89.8 Å². The molecule has 4 N–H and O–H groups in total. The number of carbonyl (C=O) groups is 2. The number of fused-ring (bicyclic) bond motifs is 14. The lowest BCUT2D eigenvalue weighted by molar-refractivity contribution is -0.123. The second-order valence-electron chi connectivity index (χ2n) is 17.8. The molecule has 6 atom stereocenters. The summed E-state index contributed by atoms with van der Waals surface area (Å²) in [4.78, 5) is 63.9. The van der Waals surface area contributed by atoms with Gasteiger partial charge in [0.05, 0.1) is 27.4 Å². The standard InChI is InChI=1S/C20H15N3O.C13H11BrN2O.C7H6BrNO2.C7H5N.C6H9NO.Cl2OS/c24-20-17-9-5-13(4-7-15-3-1-2-10-21-15)11-18(17)22-19-14-6-8-16(12-14)23(19)20;14-8-2-4-10-11(6-8)15-12-7-1-3-9(5-7)16(12)13(10)17;8-4-1-2-5(7(10)11)6(9)3-4;1-2-7-5-3-4-6-8-7;8-6-4-1-2-5(3-4)7-6;1-4(2)3/h1-3,5,9-11,14,16H,6,8,12H2;2,4,6-7,9H,1,3,5H2;1-3H,9H2,(H,10,11);1,3-6H;4-5H,1-3H2,(H,7,8);. The Hall–Kier alpha value is -6.21. The molecule has 1 saturated heterocycles. The van der Waals surface area contributed by atoms with Crippen LogP contribution in [-0.4, -0.2) is 56.3 Å². The number of hydrogen-bond donors (Lipinski definition) is 3. The number of rotatable bonds is 1. The number of hydrogen-bond acceptors (Lipinski definition) is 10. The number of benzene rings is 3. The number of aromatic nitrogens is 6. The number of anilines is 1. The molecule has 3 aliphatic heterocycles. The summed E-state index contributed by atoms with van der Waals surface area (Å²) in [5, 5.41) is 12.9. The first kappa shape index (κ1) is 52.1. The Kier molecular flexibility index (Phi) is 17.1. The van der Waals surface area contributed by atoms with E-state index in [-0.39, 0.29) is 22.4 Å². The first-order valence-electron chi connectivity index (χ1n) is 23.1. The topological polar surface area (TPSA) is 205 Å². The zero-order valence-electron chi connectivity index (χ0n) is 38.4. The molecule has 7 aromatic rings. The Morgan fingerprint density at radius 1 is 0.708 bits per heavy atom. The second kappa shape index (κ2) is 23.6. The predicted octanol–water partition coefficient (Wildman–Crippen LogP) is 10.1. The van der Waals surface area contributed by atoms with Gasteiger partial charge in [-0.15, -0.1) is 6.42 Å². The molecule has 6 unspecified atom stereocenters. The molecule has 6 bridgehead atoms. The molecule has 3 aliphatic carbocycles. The summed E-state index contributed by atoms with van der Waals surface area (Å²) in [6.07, 6.45) is 18.7. The molecule has 0 radical (unpaired) electrons. The highest BCUT2D eigenvalue weighted by Gasteiger charge is 2.40. The van der Waals surface area contributed by atoms with Crippen LogP contribution >= 0.6 is 53.2 Å². The number of carboxylic acids is 1. The fraction of sp³-hybridized carbons (Fsp3) is 0.283. The molecule has 3 saturated carbocycles. The third-order valence-electron chi connectivity index (χ3n) is 13.3. The van der Waals surface area contributed by atoms with Crippen LogP contribution in [0, 0.1) is 30.1 Å². The van der Waals surface area contributed by atoms with Gasteiger partial charge in [-0.05, 0) is 143 Å². The van der Waals surface area contributed by atoms with Crippen molar-refractivity contribution in [2.45, 2.75) is 87.7 Å². The smallest absolute Gasteiger partial charge is 0.337 e. The lowest BCUT2D eigenvalue weighted by Gasteiger charge is -2.17. The zero-order valence-corrected chi connectivity index (χ0v) is 43.9. The van der Waals surface area contributed by atoms with Crippen molar-refractivity contribution in [2.75, 3.05) is 5.73 Å². The maximum absolute atomic E-state index is 12.8. The Bertz CT molecular complexity index is 3430. The number of amides is 1. The van der Waals surface area contributed by atoms with Crippen molar-refractivity contribution in [2.24, 2.45) is 5.92 Å². The van der Waals surface area contributed by atoms with E-state index in [1.807, 2.05) is 75.9 Å². The minimum Gasteiger partial charge on any atom is -0.478 e. The van der Waals surface area contributed by atoms with E-state index in [4.69, 9.17) is 31.4 Å². The molecule has 72 heavy (non-hydrogen) atoms. The van der Waals surface area contributed by atoms with E-state index in [0.29, 0.717) is 52.9 Å². The van der Waals surface area contributed by atoms with Crippen LogP contribution in [0.3, 0.4) is 0 Å². The molecular formula is C53H46Br2Cl2N8O6S. The number of pyridine rings is 2. The van der Waals surface area contributed by atoms with E-state index >= 15 is 0 Å². The minimum absolute atomic E-state index is 0.103. The number of carbonyl (C=O) groups excluding carboxylic acids is 1. The number of nitrogens with two attached hydrogens (primary N) is 1. The molecule has 3 aromatic carbocycles. The average molecular weight is 1150 g/mol. The van der Waals surface area contributed by atoms with Crippen molar-refractivity contribution < 1.29 is 18.9 Å². The van der Waals surface area contributed by atoms with E-state index in [2.05, 4.69) is 86.3 Å². The van der Waals surface area contributed by atoms with Crippen molar-refractivity contribution in [3.8, 4) is 24.2 Å². The molecule has 368 valence electrons. The zero-order chi connectivity index (χ0) is 51.1. The Morgan fingerprint density at radius 3 is 1.72 bits per heavy atom. The quantitative estimate of drug-likeness (QED) is 0.0801. The number of halogens is 4. The highest BCUT2D eigenvalue weighted by molar-refractivity contribution is 9.10. The van der Waals surface area contributed by atoms with Gasteiger partial charge < -0.3 is 16.2 Å². The molecular weight excluding hydrogens is 1110 g/mol. The average Bonchev–Trinajstić information content (AvgIpc) is 4.26. The van der Waals surface area contributed by atoms with Gasteiger partial charge in [-0.1, -0.05) is 55.8 Å². The van der Waals surface area contributed by atoms with E-state index in [1.165, 1.54) is 18.9 Å². The summed E-state index contributed by atoms with van der Waals surface area (Å²) < 4.78 is 14.7. The van der Waals surface area contributed by atoms with Gasteiger partial charge in [-0.2, -0.15) is 0 Å².